The monoisotopic (exact) mass is 406 g/mol. The van der Waals surface area contributed by atoms with Crippen molar-refractivity contribution in [3.8, 4) is 0 Å². The molecule has 0 saturated carbocycles. The summed E-state index contributed by atoms with van der Waals surface area (Å²) in [6, 6.07) is 0.432. The minimum absolute atomic E-state index is 0.124. The average Bonchev–Trinajstić information content (AvgIpc) is 2.67. The molecular formula is C19H42O5Si2. The van der Waals surface area contributed by atoms with Crippen molar-refractivity contribution in [3.05, 3.63) is 0 Å². The van der Waals surface area contributed by atoms with Gasteiger partial charge in [0, 0.05) is 27.4 Å². The van der Waals surface area contributed by atoms with Gasteiger partial charge in [-0.1, -0.05) is 67.7 Å². The summed E-state index contributed by atoms with van der Waals surface area (Å²) in [4.78, 5) is 13.1. The number of carbonyl (C=O) groups is 1. The van der Waals surface area contributed by atoms with E-state index in [2.05, 4.69) is 41.5 Å². The normalized spacial score (nSPS) is 19.3. The van der Waals surface area contributed by atoms with E-state index in [1.165, 1.54) is 0 Å². The third-order valence-corrected chi connectivity index (χ3v) is 15.7. The second-order valence-electron chi connectivity index (χ2n) is 7.60. The molecule has 0 aliphatic rings. The van der Waals surface area contributed by atoms with Gasteiger partial charge in [0.05, 0.1) is 5.92 Å². The summed E-state index contributed by atoms with van der Waals surface area (Å²) in [7, 11) is -0.373. The van der Waals surface area contributed by atoms with Crippen molar-refractivity contribution >= 4 is 23.1 Å². The molecule has 0 fully saturated rings. The van der Waals surface area contributed by atoms with Crippen LogP contribution in [0.5, 0.6) is 0 Å². The summed E-state index contributed by atoms with van der Waals surface area (Å²) in [6.07, 6.45) is 3.11. The molecule has 0 bridgehead atoms. The van der Waals surface area contributed by atoms with Gasteiger partial charge in [0.15, 0.2) is 0 Å². The van der Waals surface area contributed by atoms with Crippen LogP contribution in [0.4, 0.5) is 0 Å². The third-order valence-electron chi connectivity index (χ3n) is 6.32. The highest BCUT2D eigenvalue weighted by atomic mass is 28.4. The largest absolute Gasteiger partial charge is 0.518 e. The first kappa shape index (κ1) is 25.8. The number of carbonyl (C=O) groups excluding carboxylic acids is 1. The Balaban J connectivity index is 5.65. The van der Waals surface area contributed by atoms with E-state index < -0.39 is 17.1 Å². The molecule has 0 radical (unpaired) electrons. The predicted molar refractivity (Wildman–Crippen MR) is 112 cm³/mol. The molecule has 0 heterocycles. The summed E-state index contributed by atoms with van der Waals surface area (Å²) in [5, 5.41) is 0. The van der Waals surface area contributed by atoms with Gasteiger partial charge in [0.2, 0.25) is 0 Å². The summed E-state index contributed by atoms with van der Waals surface area (Å²) in [6.45, 7) is 15.3. The molecular weight excluding hydrogens is 364 g/mol. The van der Waals surface area contributed by atoms with Crippen LogP contribution in [0.1, 0.15) is 67.7 Å². The molecule has 7 heteroatoms. The molecule has 5 nitrogen and oxygen atoms in total. The van der Waals surface area contributed by atoms with Crippen LogP contribution >= 0.6 is 0 Å². The molecule has 0 saturated heterocycles. The van der Waals surface area contributed by atoms with Crippen molar-refractivity contribution in [2.75, 3.05) is 21.3 Å². The molecule has 0 aromatic rings. The van der Waals surface area contributed by atoms with Crippen LogP contribution in [0.25, 0.3) is 0 Å². The first-order valence-electron chi connectivity index (χ1n) is 10.0. The first-order chi connectivity index (χ1) is 12.1. The Morgan fingerprint density at radius 1 is 0.769 bits per heavy atom. The summed E-state index contributed by atoms with van der Waals surface area (Å²) in [5.41, 5.74) is 1.29. The highest BCUT2D eigenvalue weighted by Gasteiger charge is 2.52. The maximum atomic E-state index is 13.1. The van der Waals surface area contributed by atoms with E-state index in [1.54, 1.807) is 21.3 Å². The molecule has 0 amide bonds. The molecule has 4 unspecified atom stereocenters. The smallest absolute Gasteiger partial charge is 0.501 e. The fourth-order valence-corrected chi connectivity index (χ4v) is 11.8. The topological polar surface area (TPSA) is 54.0 Å². The van der Waals surface area contributed by atoms with Crippen molar-refractivity contribution in [2.45, 2.75) is 90.4 Å². The Morgan fingerprint density at radius 3 is 1.38 bits per heavy atom. The minimum Gasteiger partial charge on any atom is -0.518 e. The zero-order valence-electron chi connectivity index (χ0n) is 18.7. The zero-order chi connectivity index (χ0) is 20.5. The highest BCUT2D eigenvalue weighted by molar-refractivity contribution is 6.79. The fourth-order valence-electron chi connectivity index (χ4n) is 3.95. The minimum atomic E-state index is -2.81. The Hall–Kier alpha value is -0.216. The van der Waals surface area contributed by atoms with Crippen molar-refractivity contribution in [1.82, 2.24) is 0 Å². The van der Waals surface area contributed by atoms with E-state index in [1.807, 2.05) is 6.92 Å². The maximum Gasteiger partial charge on any atom is 0.501 e. The lowest BCUT2D eigenvalue weighted by Gasteiger charge is -2.45. The molecule has 4 atom stereocenters. The van der Waals surface area contributed by atoms with Crippen LogP contribution in [0.2, 0.25) is 22.7 Å². The molecule has 0 N–H and O–H groups in total. The fraction of sp³-hybridized carbons (Fsp3) is 0.947. The Kier molecular flexibility index (Phi) is 11.5. The second kappa shape index (κ2) is 11.6. The van der Waals surface area contributed by atoms with E-state index in [4.69, 9.17) is 17.7 Å². The molecule has 0 aromatic carbocycles. The van der Waals surface area contributed by atoms with Crippen molar-refractivity contribution < 1.29 is 22.5 Å². The molecule has 156 valence electrons. The lowest BCUT2D eigenvalue weighted by atomic mass is 10.2. The molecule has 26 heavy (non-hydrogen) atoms. The summed E-state index contributed by atoms with van der Waals surface area (Å²) >= 11 is 0. The van der Waals surface area contributed by atoms with Crippen LogP contribution < -0.4 is 0 Å². The van der Waals surface area contributed by atoms with E-state index in [0.29, 0.717) is 22.7 Å². The number of hydrogen-bond donors (Lipinski definition) is 0. The van der Waals surface area contributed by atoms with Gasteiger partial charge in [-0.15, -0.1) is 0 Å². The zero-order valence-corrected chi connectivity index (χ0v) is 20.7. The molecule has 0 spiro atoms. The predicted octanol–water partition coefficient (Wildman–Crippen LogP) is 5.39. The summed E-state index contributed by atoms with van der Waals surface area (Å²) < 4.78 is 23.0. The summed E-state index contributed by atoms with van der Waals surface area (Å²) in [5.74, 6) is -0.439. The van der Waals surface area contributed by atoms with E-state index >= 15 is 0 Å². The van der Waals surface area contributed by atoms with Crippen LogP contribution in [-0.2, 0) is 22.5 Å². The quantitative estimate of drug-likeness (QED) is 0.384. The molecule has 0 rings (SSSR count). The lowest BCUT2D eigenvalue weighted by Crippen LogP contribution is -2.53. The van der Waals surface area contributed by atoms with E-state index in [9.17, 15) is 4.79 Å². The number of hydrogen-bond acceptors (Lipinski definition) is 5. The SMILES string of the molecule is CCC(C)[Si](OC(=O)C(C)C[Si](OC)(OC)OC)(C(C)CC)C(C)CC. The van der Waals surface area contributed by atoms with E-state index in [-0.39, 0.29) is 11.9 Å². The van der Waals surface area contributed by atoms with Gasteiger partial charge in [-0.05, 0) is 16.6 Å². The first-order valence-corrected chi connectivity index (χ1v) is 14.1. The van der Waals surface area contributed by atoms with Gasteiger partial charge in [0.25, 0.3) is 14.3 Å². The van der Waals surface area contributed by atoms with Crippen LogP contribution in [0.3, 0.4) is 0 Å². The Labute approximate surface area is 163 Å². The van der Waals surface area contributed by atoms with Gasteiger partial charge in [-0.25, -0.2) is 0 Å². The van der Waals surface area contributed by atoms with Crippen molar-refractivity contribution in [2.24, 2.45) is 5.92 Å². The van der Waals surface area contributed by atoms with Crippen LogP contribution in [0.15, 0.2) is 0 Å². The van der Waals surface area contributed by atoms with Crippen molar-refractivity contribution in [1.29, 1.82) is 0 Å². The Bertz CT molecular complexity index is 380. The van der Waals surface area contributed by atoms with Crippen molar-refractivity contribution in [3.63, 3.8) is 0 Å². The Morgan fingerprint density at radius 2 is 1.12 bits per heavy atom. The molecule has 0 aliphatic carbocycles. The van der Waals surface area contributed by atoms with Gasteiger partial charge in [-0.3, -0.25) is 4.79 Å². The van der Waals surface area contributed by atoms with Gasteiger partial charge in [0.1, 0.15) is 0 Å². The number of rotatable bonds is 13. The highest BCUT2D eigenvalue weighted by Crippen LogP contribution is 2.47. The molecule has 0 aromatic heterocycles. The van der Waals surface area contributed by atoms with Gasteiger partial charge in [-0.2, -0.15) is 0 Å². The standard InChI is InChI=1S/C19H42O5Si2/c1-11-16(5)26(17(6)12-2,18(7)13-3)24-19(20)15(4)14-25(21-8,22-9)23-10/h15-18H,11-14H2,1-10H3. The van der Waals surface area contributed by atoms with Gasteiger partial charge >= 0.3 is 8.80 Å². The average molecular weight is 407 g/mol. The van der Waals surface area contributed by atoms with Crippen LogP contribution in [-0.4, -0.2) is 44.4 Å². The maximum absolute atomic E-state index is 13.1. The third kappa shape index (κ3) is 5.64. The van der Waals surface area contributed by atoms with E-state index in [0.717, 1.165) is 19.3 Å². The lowest BCUT2D eigenvalue weighted by molar-refractivity contribution is -0.139. The van der Waals surface area contributed by atoms with Crippen LogP contribution in [0, 0.1) is 5.92 Å². The second-order valence-corrected chi connectivity index (χ2v) is 15.5. The van der Waals surface area contributed by atoms with Gasteiger partial charge < -0.3 is 17.7 Å². The molecule has 0 aliphatic heterocycles.